The Morgan fingerprint density at radius 2 is 1.38 bits per heavy atom. The summed E-state index contributed by atoms with van der Waals surface area (Å²) in [6.45, 7) is 0. The van der Waals surface area contributed by atoms with E-state index in [1.54, 1.807) is 0 Å². The molecule has 5 rings (SSSR count). The zero-order chi connectivity index (χ0) is 19.5. The average Bonchev–Trinajstić information content (AvgIpc) is 3.42. The smallest absolute Gasteiger partial charge is 0.141 e. The Morgan fingerprint density at radius 1 is 0.724 bits per heavy atom. The van der Waals surface area contributed by atoms with Crippen LogP contribution in [0.15, 0.2) is 78.9 Å². The predicted octanol–water partition coefficient (Wildman–Crippen LogP) is 6.99. The molecule has 1 fully saturated rings. The second-order valence-electron chi connectivity index (χ2n) is 8.27. The number of fused-ring (bicyclic) bond motifs is 1. The van der Waals surface area contributed by atoms with Crippen molar-refractivity contribution in [3.8, 4) is 11.4 Å². The Balaban J connectivity index is 1.37. The normalized spacial score (nSPS) is 14.6. The summed E-state index contributed by atoms with van der Waals surface area (Å²) in [5, 5.41) is 0. The zero-order valence-electron chi connectivity index (χ0n) is 16.9. The van der Waals surface area contributed by atoms with Crippen LogP contribution in [0.5, 0.6) is 0 Å². The Bertz CT molecular complexity index is 1070. The lowest BCUT2D eigenvalue weighted by Gasteiger charge is -2.16. The van der Waals surface area contributed by atoms with Gasteiger partial charge in [0.05, 0.1) is 11.0 Å². The van der Waals surface area contributed by atoms with Crippen LogP contribution in [0.4, 0.5) is 0 Å². The second kappa shape index (κ2) is 8.24. The number of aryl methyl sites for hydroxylation is 2. The van der Waals surface area contributed by atoms with Crippen LogP contribution >= 0.6 is 0 Å². The van der Waals surface area contributed by atoms with E-state index in [0.717, 1.165) is 24.2 Å². The van der Waals surface area contributed by atoms with Crippen molar-refractivity contribution in [1.82, 2.24) is 9.55 Å². The maximum Gasteiger partial charge on any atom is 0.141 e. The fourth-order valence-electron chi connectivity index (χ4n) is 4.74. The van der Waals surface area contributed by atoms with Crippen molar-refractivity contribution in [2.75, 3.05) is 0 Å². The molecule has 3 aromatic carbocycles. The molecule has 0 N–H and O–H groups in total. The number of benzene rings is 3. The molecule has 0 aliphatic heterocycles. The topological polar surface area (TPSA) is 17.8 Å². The van der Waals surface area contributed by atoms with Gasteiger partial charge in [0.15, 0.2) is 0 Å². The molecular formula is C27H28N2. The molecule has 1 aliphatic rings. The fourth-order valence-corrected chi connectivity index (χ4v) is 4.74. The van der Waals surface area contributed by atoms with Gasteiger partial charge in [-0.25, -0.2) is 4.98 Å². The summed E-state index contributed by atoms with van der Waals surface area (Å²) in [6, 6.07) is 29.1. The third-order valence-corrected chi connectivity index (χ3v) is 6.27. The molecule has 1 aromatic heterocycles. The minimum Gasteiger partial charge on any atom is -0.321 e. The van der Waals surface area contributed by atoms with Gasteiger partial charge in [-0.2, -0.15) is 0 Å². The van der Waals surface area contributed by atoms with Crippen LogP contribution in [0, 0.1) is 0 Å². The molecule has 0 spiro atoms. The Kier molecular flexibility index (Phi) is 5.17. The zero-order valence-corrected chi connectivity index (χ0v) is 16.9. The van der Waals surface area contributed by atoms with E-state index >= 15 is 0 Å². The number of hydrogen-bond acceptors (Lipinski definition) is 1. The molecule has 2 heteroatoms. The van der Waals surface area contributed by atoms with Crippen molar-refractivity contribution in [2.24, 2.45) is 0 Å². The summed E-state index contributed by atoms with van der Waals surface area (Å²) in [7, 11) is 0. The fraction of sp³-hybridized carbons (Fsp3) is 0.296. The third-order valence-electron chi connectivity index (χ3n) is 6.27. The minimum atomic E-state index is 0.586. The molecule has 2 nitrogen and oxygen atoms in total. The highest BCUT2D eigenvalue weighted by atomic mass is 15.1. The number of hydrogen-bond donors (Lipinski definition) is 0. The Hall–Kier alpha value is -2.87. The summed E-state index contributed by atoms with van der Waals surface area (Å²) >= 11 is 0. The number of rotatable bonds is 6. The average molecular weight is 381 g/mol. The van der Waals surface area contributed by atoms with Gasteiger partial charge in [-0.3, -0.25) is 0 Å². The van der Waals surface area contributed by atoms with E-state index in [2.05, 4.69) is 83.4 Å². The third kappa shape index (κ3) is 3.85. The van der Waals surface area contributed by atoms with Gasteiger partial charge in [-0.05, 0) is 55.4 Å². The molecule has 1 heterocycles. The van der Waals surface area contributed by atoms with Gasteiger partial charge in [0.2, 0.25) is 0 Å². The largest absolute Gasteiger partial charge is 0.321 e. The van der Waals surface area contributed by atoms with Crippen LogP contribution in [0.3, 0.4) is 0 Å². The SMILES string of the molecule is c1ccc(CCCc2ccc(-c3nc4ccccc4n3C3CCCC3)cc2)cc1. The molecule has 0 amide bonds. The van der Waals surface area contributed by atoms with Crippen molar-refractivity contribution in [3.05, 3.63) is 90.0 Å². The van der Waals surface area contributed by atoms with E-state index in [1.807, 2.05) is 0 Å². The molecule has 1 aliphatic carbocycles. The lowest BCUT2D eigenvalue weighted by molar-refractivity contribution is 0.537. The predicted molar refractivity (Wildman–Crippen MR) is 121 cm³/mol. The first-order chi connectivity index (χ1) is 14.4. The number of nitrogens with zero attached hydrogens (tertiary/aromatic N) is 2. The van der Waals surface area contributed by atoms with Gasteiger partial charge in [0.1, 0.15) is 5.82 Å². The number of imidazole rings is 1. The maximum atomic E-state index is 5.02. The first-order valence-electron chi connectivity index (χ1n) is 11.0. The van der Waals surface area contributed by atoms with Gasteiger partial charge in [0.25, 0.3) is 0 Å². The maximum absolute atomic E-state index is 5.02. The molecule has 1 saturated carbocycles. The first kappa shape index (κ1) is 18.2. The highest BCUT2D eigenvalue weighted by molar-refractivity contribution is 5.81. The summed E-state index contributed by atoms with van der Waals surface area (Å²) in [4.78, 5) is 5.02. The van der Waals surface area contributed by atoms with E-state index in [1.165, 1.54) is 54.3 Å². The molecule has 29 heavy (non-hydrogen) atoms. The lowest BCUT2D eigenvalue weighted by Crippen LogP contribution is -2.06. The van der Waals surface area contributed by atoms with Gasteiger partial charge < -0.3 is 4.57 Å². The highest BCUT2D eigenvalue weighted by Crippen LogP contribution is 2.36. The van der Waals surface area contributed by atoms with Crippen molar-refractivity contribution in [2.45, 2.75) is 51.0 Å². The molecule has 0 unspecified atom stereocenters. The van der Waals surface area contributed by atoms with Crippen LogP contribution in [0.2, 0.25) is 0 Å². The molecule has 0 saturated heterocycles. The van der Waals surface area contributed by atoms with E-state index < -0.39 is 0 Å². The molecule has 4 aromatic rings. The first-order valence-corrected chi connectivity index (χ1v) is 11.0. The van der Waals surface area contributed by atoms with Gasteiger partial charge >= 0.3 is 0 Å². The van der Waals surface area contributed by atoms with Crippen LogP contribution in [0.1, 0.15) is 49.3 Å². The lowest BCUT2D eigenvalue weighted by atomic mass is 10.0. The molecule has 146 valence electrons. The number of aromatic nitrogens is 2. The van der Waals surface area contributed by atoms with Gasteiger partial charge in [0, 0.05) is 11.6 Å². The van der Waals surface area contributed by atoms with Crippen molar-refractivity contribution >= 4 is 11.0 Å². The van der Waals surface area contributed by atoms with Crippen LogP contribution in [0.25, 0.3) is 22.4 Å². The quantitative estimate of drug-likeness (QED) is 0.352. The molecule has 0 atom stereocenters. The van der Waals surface area contributed by atoms with Crippen LogP contribution in [-0.4, -0.2) is 9.55 Å². The second-order valence-corrected chi connectivity index (χ2v) is 8.27. The summed E-state index contributed by atoms with van der Waals surface area (Å²) < 4.78 is 2.51. The Labute approximate surface area is 173 Å². The van der Waals surface area contributed by atoms with E-state index in [4.69, 9.17) is 4.98 Å². The van der Waals surface area contributed by atoms with E-state index in [9.17, 15) is 0 Å². The summed E-state index contributed by atoms with van der Waals surface area (Å²) in [6.07, 6.45) is 8.64. The molecule has 0 bridgehead atoms. The van der Waals surface area contributed by atoms with Crippen molar-refractivity contribution < 1.29 is 0 Å². The van der Waals surface area contributed by atoms with Crippen LogP contribution in [-0.2, 0) is 12.8 Å². The molecular weight excluding hydrogens is 352 g/mol. The van der Waals surface area contributed by atoms with Crippen molar-refractivity contribution in [1.29, 1.82) is 0 Å². The van der Waals surface area contributed by atoms with E-state index in [0.29, 0.717) is 6.04 Å². The number of para-hydroxylation sites is 2. The monoisotopic (exact) mass is 380 g/mol. The summed E-state index contributed by atoms with van der Waals surface area (Å²) in [5.41, 5.74) is 6.46. The standard InChI is InChI=1S/C27H28N2/c1-2-9-21(10-3-1)11-8-12-22-17-19-23(20-18-22)27-28-25-15-6-7-16-26(25)29(27)24-13-4-5-14-24/h1-3,6-7,9-10,15-20,24H,4-5,8,11-14H2. The summed E-state index contributed by atoms with van der Waals surface area (Å²) in [5.74, 6) is 1.13. The minimum absolute atomic E-state index is 0.586. The van der Waals surface area contributed by atoms with E-state index in [-0.39, 0.29) is 0 Å². The van der Waals surface area contributed by atoms with Gasteiger partial charge in [-0.1, -0.05) is 79.6 Å². The van der Waals surface area contributed by atoms with Crippen LogP contribution < -0.4 is 0 Å². The van der Waals surface area contributed by atoms with Gasteiger partial charge in [-0.15, -0.1) is 0 Å². The molecule has 0 radical (unpaired) electrons. The van der Waals surface area contributed by atoms with Crippen molar-refractivity contribution in [3.63, 3.8) is 0 Å². The Morgan fingerprint density at radius 3 is 2.14 bits per heavy atom. The highest BCUT2D eigenvalue weighted by Gasteiger charge is 2.23.